The number of ether oxygens (including phenoxy) is 7. The largest absolute Gasteiger partial charge is 0.480 e. The van der Waals surface area contributed by atoms with Crippen molar-refractivity contribution in [3.05, 3.63) is 0 Å². The molecule has 37 nitrogen and oxygen atoms in total. The summed E-state index contributed by atoms with van der Waals surface area (Å²) in [4.78, 5) is 161. The van der Waals surface area contributed by atoms with E-state index < -0.39 is 111 Å². The van der Waals surface area contributed by atoms with Crippen molar-refractivity contribution in [2.75, 3.05) is 235 Å². The number of aliphatic carboxylic acids is 6. The fraction of sp³-hybridized carbons (Fsp3) is 0.780. The Morgan fingerprint density at radius 3 is 0.670 bits per heavy atom. The van der Waals surface area contributed by atoms with Gasteiger partial charge in [0.15, 0.2) is 0 Å². The van der Waals surface area contributed by atoms with Crippen molar-refractivity contribution >= 4 is 93.5 Å². The van der Waals surface area contributed by atoms with Gasteiger partial charge in [-0.05, 0) is 74.4 Å². The van der Waals surface area contributed by atoms with E-state index in [2.05, 4.69) is 26.0 Å². The van der Waals surface area contributed by atoms with E-state index >= 15 is 0 Å². The molecule has 0 aliphatic carbocycles. The van der Waals surface area contributed by atoms with Crippen molar-refractivity contribution in [1.29, 1.82) is 0 Å². The number of halogens is 1. The van der Waals surface area contributed by atoms with Crippen LogP contribution in [0.5, 0.6) is 0 Å². The number of alkyl halides is 1. The number of carboxylic acids is 6. The molecule has 0 aromatic carbocycles. The Labute approximate surface area is 576 Å². The molecule has 0 atom stereocenters. The first kappa shape index (κ1) is 96.5. The molecule has 0 aliphatic rings. The predicted molar refractivity (Wildman–Crippen MR) is 352 cm³/mol. The molecule has 0 rings (SSSR count). The summed E-state index contributed by atoms with van der Waals surface area (Å²) in [5.74, 6) is -10.6. The summed E-state index contributed by atoms with van der Waals surface area (Å²) < 4.78 is 35.0. The number of carbonyl (C=O) groups excluding carboxylic acids is 7. The van der Waals surface area contributed by atoms with Gasteiger partial charge in [0, 0.05) is 91.6 Å². The molecule has 0 aromatic rings. The summed E-state index contributed by atoms with van der Waals surface area (Å²) in [7, 11) is 0. The molecule has 0 amide bonds. The summed E-state index contributed by atoms with van der Waals surface area (Å²) in [6.07, 6.45) is 3.59. The lowest BCUT2D eigenvalue weighted by atomic mass is 10.2. The van der Waals surface area contributed by atoms with Gasteiger partial charge in [0.05, 0.1) is 125 Å². The van der Waals surface area contributed by atoms with Crippen LogP contribution in [0.15, 0.2) is 0 Å². The highest BCUT2D eigenvalue weighted by molar-refractivity contribution is 9.09. The first-order chi connectivity index (χ1) is 46.0. The minimum atomic E-state index is -1.26. The molecular weight excluding hydrogens is 1360 g/mol. The van der Waals surface area contributed by atoms with Gasteiger partial charge in [-0.2, -0.15) is 0 Å². The first-order valence-electron chi connectivity index (χ1n) is 31.9. The highest BCUT2D eigenvalue weighted by Gasteiger charge is 2.24. The molecule has 0 aromatic heterocycles. The van der Waals surface area contributed by atoms with E-state index in [1.54, 1.807) is 68.1 Å². The van der Waals surface area contributed by atoms with Gasteiger partial charge < -0.3 is 80.6 Å². The number of carboxylic acid groups (broad SMARTS) is 6. The van der Waals surface area contributed by atoms with Gasteiger partial charge in [-0.1, -0.05) is 22.4 Å². The molecule has 0 saturated carbocycles. The lowest BCUT2D eigenvalue weighted by molar-refractivity contribution is -0.150. The smallest absolute Gasteiger partial charge is 0.320 e. The highest BCUT2D eigenvalue weighted by atomic mass is 79.9. The lowest BCUT2D eigenvalue weighted by Crippen LogP contribution is -2.47. The number of unbranched alkanes of at least 4 members (excludes halogenated alkanes) is 2. The number of carbonyl (C=O) groups is 13. The minimum Gasteiger partial charge on any atom is -0.480 e. The van der Waals surface area contributed by atoms with Crippen LogP contribution in [0, 0.1) is 0 Å². The Hall–Kier alpha value is -6.85. The van der Waals surface area contributed by atoms with Gasteiger partial charge in [-0.3, -0.25) is 102 Å². The van der Waals surface area contributed by atoms with Crippen LogP contribution >= 0.6 is 15.9 Å². The van der Waals surface area contributed by atoms with Crippen LogP contribution in [0.2, 0.25) is 0 Å². The summed E-state index contributed by atoms with van der Waals surface area (Å²) in [6.45, 7) is 14.5. The van der Waals surface area contributed by atoms with Gasteiger partial charge in [-0.25, -0.2) is 0 Å². The maximum Gasteiger partial charge on any atom is 0.320 e. The zero-order valence-electron chi connectivity index (χ0n) is 57.5. The van der Waals surface area contributed by atoms with E-state index in [1.807, 2.05) is 0 Å². The molecule has 564 valence electrons. The molecule has 11 N–H and O–H groups in total. The first-order valence-corrected chi connectivity index (χ1v) is 33.0. The fourth-order valence-corrected chi connectivity index (χ4v) is 8.28. The number of esters is 7. The van der Waals surface area contributed by atoms with Crippen LogP contribution in [0.1, 0.15) is 67.7 Å². The van der Waals surface area contributed by atoms with Crippen molar-refractivity contribution in [1.82, 2.24) is 44.5 Å². The molecule has 0 heterocycles. The summed E-state index contributed by atoms with van der Waals surface area (Å²) in [6, 6.07) is 0. The molecule has 0 bridgehead atoms. The van der Waals surface area contributed by atoms with Gasteiger partial charge in [0.1, 0.15) is 5.33 Å². The minimum absolute atomic E-state index is 0.0159. The van der Waals surface area contributed by atoms with Crippen LogP contribution in [-0.2, 0) is 95.5 Å². The molecule has 0 fully saturated rings. The van der Waals surface area contributed by atoms with Gasteiger partial charge in [0.2, 0.25) is 0 Å². The van der Waals surface area contributed by atoms with Crippen LogP contribution < -0.4 is 16.8 Å². The van der Waals surface area contributed by atoms with Gasteiger partial charge in [0.25, 0.3) is 0 Å². The molecule has 0 saturated heterocycles. The third-order valence-corrected chi connectivity index (χ3v) is 12.7. The Kier molecular flexibility index (Phi) is 64.8. The summed E-state index contributed by atoms with van der Waals surface area (Å²) >= 11 is 2.94. The lowest BCUT2D eigenvalue weighted by Gasteiger charge is -2.30. The average molecular weight is 1470 g/mol. The zero-order valence-corrected chi connectivity index (χ0v) is 59.1. The van der Waals surface area contributed by atoms with Crippen molar-refractivity contribution < 1.29 is 126 Å². The second kappa shape index (κ2) is 65.1. The second-order valence-electron chi connectivity index (χ2n) is 20.5. The van der Waals surface area contributed by atoms with Crippen molar-refractivity contribution in [3.63, 3.8) is 0 Å². The van der Waals surface area contributed by atoms with Crippen LogP contribution in [0.25, 0.3) is 0 Å². The number of hydrogen-bond donors (Lipinski definition) is 9. The van der Waals surface area contributed by atoms with Crippen LogP contribution in [0.4, 0.5) is 0 Å². The van der Waals surface area contributed by atoms with Crippen molar-refractivity contribution in [2.45, 2.75) is 67.7 Å². The Morgan fingerprint density at radius 1 is 0.278 bits per heavy atom. The fourth-order valence-electron chi connectivity index (χ4n) is 8.11. The number of hydrogen-bond acceptors (Lipinski definition) is 31. The third kappa shape index (κ3) is 66.2. The second-order valence-corrected chi connectivity index (χ2v) is 21.0. The number of nitrogens with zero attached hydrogens (tertiary/aromatic N) is 8. The van der Waals surface area contributed by atoms with E-state index in [0.29, 0.717) is 25.0 Å². The molecule has 38 heteroatoms. The standard InChI is InChI=1S/C30H54N4O12.C18H30N4O12.C7H19N3.C4H7BrO2/c1-7-41-25(35)19-31(15-17-33(21-27(37)43-9-3)22-28(38)44-10-4)13-14-32(20-26(36)42-8-2)16-18-34(23-29(39)45-11-5)24-30(40)46-12-6;23-13(24)7-19(3-5-21(9-15(27)28)10-16(29)30)1-2-20(8-14(25)26)4-6-22(11-17(31)32)12-18(33)34;8-4-2-1-3-6-10-7-5-9;1-2-7-4(6)3-5/h7-24H2,1-6H3;1-12H2,(H,23,24)(H,25,26)(H,27,28)(H,29,30)(H,31,32)(H,33,34);10H,1-9H2;2-3H2,1H3. The zero-order chi connectivity index (χ0) is 74.4. The molecule has 0 spiro atoms. The SMILES string of the molecule is CCOC(=O)CBr.CCOC(=O)CN(CCN(CCN(CC(=O)OCC)CC(=O)OCC)CC(=O)OCC)CCN(CC(=O)OCC)CC(=O)OCC.NCCCCCNCCN.O=C(O)CN(CCN(CCN(CC(=O)O)CC(=O)O)CC(=O)O)CCN(CC(=O)O)CC(=O)O. The van der Waals surface area contributed by atoms with Gasteiger partial charge in [-0.15, -0.1) is 0 Å². The van der Waals surface area contributed by atoms with Crippen molar-refractivity contribution in [2.24, 2.45) is 11.5 Å². The predicted octanol–water partition coefficient (Wildman–Crippen LogP) is -3.12. The number of nitrogens with two attached hydrogens (primary N) is 2. The summed E-state index contributed by atoms with van der Waals surface area (Å²) in [5.41, 5.74) is 10.6. The van der Waals surface area contributed by atoms with Crippen LogP contribution in [-0.4, -0.2) is 382 Å². The van der Waals surface area contributed by atoms with E-state index in [0.717, 1.165) is 42.4 Å². The quantitative estimate of drug-likeness (QED) is 0.0126. The van der Waals surface area contributed by atoms with E-state index in [4.69, 9.17) is 70.5 Å². The Balaban J connectivity index is -0.000000733. The van der Waals surface area contributed by atoms with Crippen LogP contribution in [0.3, 0.4) is 0 Å². The monoisotopic (exact) mass is 1470 g/mol. The molecule has 0 unspecified atom stereocenters. The Morgan fingerprint density at radius 2 is 0.474 bits per heavy atom. The highest BCUT2D eigenvalue weighted by Crippen LogP contribution is 2.04. The third-order valence-electron chi connectivity index (χ3n) is 12.3. The normalized spacial score (nSPS) is 10.9. The topological polar surface area (TPSA) is 498 Å². The Bertz CT molecular complexity index is 2020. The van der Waals surface area contributed by atoms with Crippen molar-refractivity contribution in [3.8, 4) is 0 Å². The summed E-state index contributed by atoms with van der Waals surface area (Å²) in [5, 5.41) is 57.4. The molecule has 97 heavy (non-hydrogen) atoms. The molecule has 0 radical (unpaired) electrons. The molecule has 0 aliphatic heterocycles. The molecular formula is C59H110BrN11O26. The van der Waals surface area contributed by atoms with E-state index in [9.17, 15) is 62.3 Å². The average Bonchev–Trinajstić information content (AvgIpc) is 1.36. The number of rotatable bonds is 57. The maximum atomic E-state index is 12.5. The maximum absolute atomic E-state index is 12.5. The van der Waals surface area contributed by atoms with E-state index in [1.165, 1.54) is 22.6 Å². The van der Waals surface area contributed by atoms with E-state index in [-0.39, 0.29) is 150 Å². The van der Waals surface area contributed by atoms with Gasteiger partial charge >= 0.3 is 77.6 Å². The number of nitrogens with one attached hydrogen (secondary N) is 1.